The van der Waals surface area contributed by atoms with Gasteiger partial charge in [-0.2, -0.15) is 0 Å². The van der Waals surface area contributed by atoms with Gasteiger partial charge in [0.05, 0.1) is 6.61 Å². The Morgan fingerprint density at radius 3 is 2.58 bits per heavy atom. The normalized spacial score (nSPS) is 10.2. The maximum Gasteiger partial charge on any atom is 0.224 e. The summed E-state index contributed by atoms with van der Waals surface area (Å²) < 4.78 is 10.3. The van der Waals surface area contributed by atoms with E-state index >= 15 is 0 Å². The first-order chi connectivity index (χ1) is 9.26. The summed E-state index contributed by atoms with van der Waals surface area (Å²) in [6, 6.07) is 7.18. The van der Waals surface area contributed by atoms with E-state index in [1.165, 1.54) is 0 Å². The number of hydrogen-bond acceptors (Lipinski definition) is 4. The lowest BCUT2D eigenvalue weighted by atomic mass is 10.2. The van der Waals surface area contributed by atoms with Gasteiger partial charge in [0, 0.05) is 38.9 Å². The van der Waals surface area contributed by atoms with Crippen LogP contribution < -0.4 is 10.1 Å². The Morgan fingerprint density at radius 2 is 1.95 bits per heavy atom. The first-order valence-electron chi connectivity index (χ1n) is 6.38. The average Bonchev–Trinajstić information content (AvgIpc) is 2.41. The zero-order valence-corrected chi connectivity index (χ0v) is 11.2. The highest BCUT2D eigenvalue weighted by Gasteiger charge is 2.02. The molecule has 0 fully saturated rings. The van der Waals surface area contributed by atoms with Crippen LogP contribution in [0.15, 0.2) is 24.3 Å². The molecule has 0 radical (unpaired) electrons. The molecule has 1 rings (SSSR count). The van der Waals surface area contributed by atoms with Crippen molar-refractivity contribution >= 4 is 11.6 Å². The summed E-state index contributed by atoms with van der Waals surface area (Å²) in [5.41, 5.74) is 0.747. The van der Waals surface area contributed by atoms with Gasteiger partial charge >= 0.3 is 0 Å². The Kier molecular flexibility index (Phi) is 7.62. The lowest BCUT2D eigenvalue weighted by molar-refractivity contribution is -0.116. The molecule has 106 valence electrons. The van der Waals surface area contributed by atoms with Gasteiger partial charge in [0.15, 0.2) is 0 Å². The van der Waals surface area contributed by atoms with Gasteiger partial charge < -0.3 is 19.9 Å². The SMILES string of the molecule is COCCCC(=O)Nc1ccc(OCCCO)cc1. The summed E-state index contributed by atoms with van der Waals surface area (Å²) in [7, 11) is 1.62. The predicted molar refractivity (Wildman–Crippen MR) is 73.4 cm³/mol. The molecule has 1 aromatic rings. The van der Waals surface area contributed by atoms with E-state index < -0.39 is 0 Å². The Morgan fingerprint density at radius 1 is 1.21 bits per heavy atom. The fourth-order valence-corrected chi connectivity index (χ4v) is 1.49. The minimum atomic E-state index is -0.0222. The molecule has 2 N–H and O–H groups in total. The van der Waals surface area contributed by atoms with E-state index in [-0.39, 0.29) is 12.5 Å². The number of rotatable bonds is 9. The van der Waals surface area contributed by atoms with E-state index in [4.69, 9.17) is 14.6 Å². The van der Waals surface area contributed by atoms with E-state index in [0.29, 0.717) is 32.5 Å². The molecule has 0 aliphatic heterocycles. The van der Waals surface area contributed by atoms with Crippen molar-refractivity contribution in [3.63, 3.8) is 0 Å². The number of carbonyl (C=O) groups is 1. The van der Waals surface area contributed by atoms with Crippen LogP contribution in [0.5, 0.6) is 5.75 Å². The number of anilines is 1. The highest BCUT2D eigenvalue weighted by molar-refractivity contribution is 5.90. The second-order valence-electron chi connectivity index (χ2n) is 4.09. The molecular formula is C14H21NO4. The van der Waals surface area contributed by atoms with Crippen molar-refractivity contribution in [3.8, 4) is 5.75 Å². The minimum Gasteiger partial charge on any atom is -0.494 e. The van der Waals surface area contributed by atoms with E-state index in [2.05, 4.69) is 5.32 Å². The Balaban J connectivity index is 2.32. The van der Waals surface area contributed by atoms with Crippen molar-refractivity contribution in [3.05, 3.63) is 24.3 Å². The second-order valence-corrected chi connectivity index (χ2v) is 4.09. The highest BCUT2D eigenvalue weighted by atomic mass is 16.5. The van der Waals surface area contributed by atoms with Gasteiger partial charge in [-0.25, -0.2) is 0 Å². The molecule has 0 unspecified atom stereocenters. The van der Waals surface area contributed by atoms with Crippen molar-refractivity contribution in [1.29, 1.82) is 0 Å². The smallest absolute Gasteiger partial charge is 0.224 e. The number of methoxy groups -OCH3 is 1. The second kappa shape index (κ2) is 9.35. The van der Waals surface area contributed by atoms with Gasteiger partial charge in [0.25, 0.3) is 0 Å². The van der Waals surface area contributed by atoms with Crippen LogP contribution in [0.2, 0.25) is 0 Å². The van der Waals surface area contributed by atoms with Gasteiger partial charge in [-0.3, -0.25) is 4.79 Å². The van der Waals surface area contributed by atoms with E-state index in [1.54, 1.807) is 31.4 Å². The molecule has 0 aromatic heterocycles. The number of ether oxygens (including phenoxy) is 2. The van der Waals surface area contributed by atoms with Gasteiger partial charge in [-0.1, -0.05) is 0 Å². The molecule has 0 bridgehead atoms. The third-order valence-corrected chi connectivity index (χ3v) is 2.46. The van der Waals surface area contributed by atoms with Gasteiger partial charge in [-0.05, 0) is 30.7 Å². The number of carbonyl (C=O) groups excluding carboxylic acids is 1. The summed E-state index contributed by atoms with van der Waals surface area (Å²) in [5.74, 6) is 0.705. The van der Waals surface area contributed by atoms with Gasteiger partial charge in [0.2, 0.25) is 5.91 Å². The van der Waals surface area contributed by atoms with Crippen LogP contribution in [-0.4, -0.2) is 37.9 Å². The standard InChI is InChI=1S/C14H21NO4/c1-18-10-2-4-14(17)15-12-5-7-13(8-6-12)19-11-3-9-16/h5-8,16H,2-4,9-11H2,1H3,(H,15,17). The number of nitrogens with one attached hydrogen (secondary N) is 1. The van der Waals surface area contributed by atoms with E-state index in [0.717, 1.165) is 11.4 Å². The zero-order chi connectivity index (χ0) is 13.9. The molecule has 1 amide bonds. The summed E-state index contributed by atoms with van der Waals surface area (Å²) in [6.45, 7) is 1.19. The maximum atomic E-state index is 11.6. The lowest BCUT2D eigenvalue weighted by Gasteiger charge is -2.08. The largest absolute Gasteiger partial charge is 0.494 e. The fourth-order valence-electron chi connectivity index (χ4n) is 1.49. The van der Waals surface area contributed by atoms with Crippen LogP contribution in [0.3, 0.4) is 0 Å². The van der Waals surface area contributed by atoms with Crippen molar-refractivity contribution < 1.29 is 19.4 Å². The number of hydrogen-bond donors (Lipinski definition) is 2. The Labute approximate surface area is 113 Å². The van der Waals surface area contributed by atoms with Crippen molar-refractivity contribution in [2.75, 3.05) is 32.2 Å². The third-order valence-electron chi connectivity index (χ3n) is 2.46. The van der Waals surface area contributed by atoms with Crippen LogP contribution >= 0.6 is 0 Å². The maximum absolute atomic E-state index is 11.6. The third kappa shape index (κ3) is 6.79. The Bertz CT molecular complexity index is 364. The molecule has 0 saturated heterocycles. The van der Waals surface area contributed by atoms with Gasteiger partial charge in [0.1, 0.15) is 5.75 Å². The lowest BCUT2D eigenvalue weighted by Crippen LogP contribution is -2.12. The van der Waals surface area contributed by atoms with Crippen LogP contribution in [0.1, 0.15) is 19.3 Å². The average molecular weight is 267 g/mol. The van der Waals surface area contributed by atoms with Crippen LogP contribution in [-0.2, 0) is 9.53 Å². The molecule has 0 atom stereocenters. The highest BCUT2D eigenvalue weighted by Crippen LogP contribution is 2.16. The molecule has 0 aliphatic rings. The number of aliphatic hydroxyl groups excluding tert-OH is 1. The summed E-state index contributed by atoms with van der Waals surface area (Å²) in [5, 5.41) is 11.4. The van der Waals surface area contributed by atoms with Gasteiger partial charge in [-0.15, -0.1) is 0 Å². The Hall–Kier alpha value is -1.59. The molecule has 1 aromatic carbocycles. The molecule has 0 spiro atoms. The molecule has 5 nitrogen and oxygen atoms in total. The molecule has 5 heteroatoms. The van der Waals surface area contributed by atoms with Crippen LogP contribution in [0, 0.1) is 0 Å². The van der Waals surface area contributed by atoms with E-state index in [9.17, 15) is 4.79 Å². The van der Waals surface area contributed by atoms with Crippen molar-refractivity contribution in [2.45, 2.75) is 19.3 Å². The first kappa shape index (κ1) is 15.5. The predicted octanol–water partition coefficient (Wildman–Crippen LogP) is 1.81. The van der Waals surface area contributed by atoms with Crippen molar-refractivity contribution in [1.82, 2.24) is 0 Å². The zero-order valence-electron chi connectivity index (χ0n) is 11.2. The summed E-state index contributed by atoms with van der Waals surface area (Å²) >= 11 is 0. The molecule has 19 heavy (non-hydrogen) atoms. The molecule has 0 saturated carbocycles. The number of amides is 1. The van der Waals surface area contributed by atoms with E-state index in [1.807, 2.05) is 0 Å². The monoisotopic (exact) mass is 267 g/mol. The minimum absolute atomic E-state index is 0.0222. The fraction of sp³-hybridized carbons (Fsp3) is 0.500. The van der Waals surface area contributed by atoms with Crippen molar-refractivity contribution in [2.24, 2.45) is 0 Å². The first-order valence-corrected chi connectivity index (χ1v) is 6.38. The summed E-state index contributed by atoms with van der Waals surface area (Å²) in [6.07, 6.45) is 1.77. The van der Waals surface area contributed by atoms with Crippen LogP contribution in [0.25, 0.3) is 0 Å². The number of benzene rings is 1. The molecule has 0 heterocycles. The quantitative estimate of drug-likeness (QED) is 0.670. The number of aliphatic hydroxyl groups is 1. The van der Waals surface area contributed by atoms with Crippen LogP contribution in [0.4, 0.5) is 5.69 Å². The molecule has 0 aliphatic carbocycles. The topological polar surface area (TPSA) is 67.8 Å². The summed E-state index contributed by atoms with van der Waals surface area (Å²) in [4.78, 5) is 11.6. The molecular weight excluding hydrogens is 246 g/mol.